The molecule has 0 N–H and O–H groups in total. The summed E-state index contributed by atoms with van der Waals surface area (Å²) in [4.78, 5) is 8.78. The van der Waals surface area contributed by atoms with Gasteiger partial charge in [0.05, 0.1) is 13.2 Å². The smallest absolute Gasteiger partial charge is 0.216 e. The highest BCUT2D eigenvalue weighted by Gasteiger charge is 2.04. The van der Waals surface area contributed by atoms with Crippen LogP contribution in [0.1, 0.15) is 46.0 Å². The predicted molar refractivity (Wildman–Crippen MR) is 92.9 cm³/mol. The average molecular weight is 314 g/mol. The van der Waals surface area contributed by atoms with Crippen molar-refractivity contribution in [2.24, 2.45) is 0 Å². The third-order valence-corrected chi connectivity index (χ3v) is 3.51. The summed E-state index contributed by atoms with van der Waals surface area (Å²) in [7, 11) is 0. The van der Waals surface area contributed by atoms with Crippen LogP contribution in [0.5, 0.6) is 11.6 Å². The Balaban J connectivity index is 1.94. The Bertz CT molecular complexity index is 570. The van der Waals surface area contributed by atoms with Crippen LogP contribution in [0.2, 0.25) is 0 Å². The summed E-state index contributed by atoms with van der Waals surface area (Å²) in [5.74, 6) is 2.19. The highest BCUT2D eigenvalue weighted by Crippen LogP contribution is 2.21. The first-order chi connectivity index (χ1) is 11.3. The number of aromatic nitrogens is 2. The maximum absolute atomic E-state index is 5.72. The molecule has 0 radical (unpaired) electrons. The summed E-state index contributed by atoms with van der Waals surface area (Å²) < 4.78 is 11.4. The van der Waals surface area contributed by atoms with E-state index < -0.39 is 0 Å². The largest absolute Gasteiger partial charge is 0.494 e. The lowest BCUT2D eigenvalue weighted by Gasteiger charge is -2.08. The van der Waals surface area contributed by atoms with Crippen LogP contribution in [0.15, 0.2) is 36.5 Å². The van der Waals surface area contributed by atoms with E-state index in [2.05, 4.69) is 23.8 Å². The molecule has 23 heavy (non-hydrogen) atoms. The van der Waals surface area contributed by atoms with E-state index in [-0.39, 0.29) is 0 Å². The van der Waals surface area contributed by atoms with E-state index in [0.29, 0.717) is 18.3 Å². The van der Waals surface area contributed by atoms with E-state index in [1.54, 1.807) is 12.3 Å². The van der Waals surface area contributed by atoms with Crippen molar-refractivity contribution >= 4 is 0 Å². The number of hydrogen-bond donors (Lipinski definition) is 0. The molecule has 0 bridgehead atoms. The number of rotatable bonds is 10. The third-order valence-electron chi connectivity index (χ3n) is 3.51. The van der Waals surface area contributed by atoms with Gasteiger partial charge in [-0.25, -0.2) is 4.98 Å². The quantitative estimate of drug-likeness (QED) is 0.586. The lowest BCUT2D eigenvalue weighted by atomic mass is 10.2. The van der Waals surface area contributed by atoms with Crippen LogP contribution in [-0.2, 0) is 0 Å². The molecule has 2 aromatic rings. The lowest BCUT2D eigenvalue weighted by molar-refractivity contribution is 0.297. The topological polar surface area (TPSA) is 44.2 Å². The summed E-state index contributed by atoms with van der Waals surface area (Å²) in [6, 6.07) is 9.70. The Labute approximate surface area is 138 Å². The minimum atomic E-state index is 0.628. The van der Waals surface area contributed by atoms with Crippen molar-refractivity contribution in [2.75, 3.05) is 13.2 Å². The van der Waals surface area contributed by atoms with Gasteiger partial charge in [0.1, 0.15) is 5.75 Å². The summed E-state index contributed by atoms with van der Waals surface area (Å²) in [5, 5.41) is 0. The summed E-state index contributed by atoms with van der Waals surface area (Å²) in [6.45, 7) is 5.79. The zero-order valence-corrected chi connectivity index (χ0v) is 14.1. The average Bonchev–Trinajstić information content (AvgIpc) is 2.60. The Hall–Kier alpha value is -2.10. The molecule has 124 valence electrons. The standard InChI is InChI=1S/C19H26N2O2/c1-3-5-7-15-22-17-10-8-16(9-11-17)19-20-13-12-18(21-19)23-14-6-4-2/h8-13H,3-7,14-15H2,1-2H3. The zero-order valence-electron chi connectivity index (χ0n) is 14.1. The molecule has 1 heterocycles. The molecule has 0 fully saturated rings. The van der Waals surface area contributed by atoms with E-state index >= 15 is 0 Å². The molecule has 0 atom stereocenters. The Morgan fingerprint density at radius 3 is 2.30 bits per heavy atom. The van der Waals surface area contributed by atoms with Gasteiger partial charge in [0, 0.05) is 17.8 Å². The van der Waals surface area contributed by atoms with E-state index in [4.69, 9.17) is 9.47 Å². The Kier molecular flexibility index (Phi) is 7.37. The van der Waals surface area contributed by atoms with Gasteiger partial charge in [-0.1, -0.05) is 33.1 Å². The number of hydrogen-bond acceptors (Lipinski definition) is 4. The normalized spacial score (nSPS) is 10.5. The molecule has 0 aliphatic carbocycles. The van der Waals surface area contributed by atoms with Crippen molar-refractivity contribution < 1.29 is 9.47 Å². The van der Waals surface area contributed by atoms with Crippen LogP contribution in [0.4, 0.5) is 0 Å². The zero-order chi connectivity index (χ0) is 16.3. The molecule has 0 saturated heterocycles. The fraction of sp³-hybridized carbons (Fsp3) is 0.474. The van der Waals surface area contributed by atoms with Crippen molar-refractivity contribution in [1.29, 1.82) is 0 Å². The molecule has 1 aromatic heterocycles. The summed E-state index contributed by atoms with van der Waals surface area (Å²) in [6.07, 6.45) is 7.38. The van der Waals surface area contributed by atoms with E-state index in [1.165, 1.54) is 12.8 Å². The fourth-order valence-electron chi connectivity index (χ4n) is 2.13. The molecular weight excluding hydrogens is 288 g/mol. The molecule has 0 aliphatic rings. The number of unbranched alkanes of at least 4 members (excludes halogenated alkanes) is 3. The van der Waals surface area contributed by atoms with Gasteiger partial charge in [-0.15, -0.1) is 0 Å². The first-order valence-electron chi connectivity index (χ1n) is 8.52. The molecule has 1 aromatic carbocycles. The SMILES string of the molecule is CCCCCOc1ccc(-c2nccc(OCCCC)n2)cc1. The minimum Gasteiger partial charge on any atom is -0.494 e. The molecule has 4 nitrogen and oxygen atoms in total. The van der Waals surface area contributed by atoms with Gasteiger partial charge in [-0.2, -0.15) is 4.98 Å². The molecule has 0 saturated carbocycles. The molecule has 0 spiro atoms. The predicted octanol–water partition coefficient (Wildman–Crippen LogP) is 4.89. The molecule has 4 heteroatoms. The second-order valence-corrected chi connectivity index (χ2v) is 5.50. The van der Waals surface area contributed by atoms with Crippen LogP contribution in [0, 0.1) is 0 Å². The van der Waals surface area contributed by atoms with Crippen LogP contribution >= 0.6 is 0 Å². The maximum Gasteiger partial charge on any atom is 0.216 e. The second-order valence-electron chi connectivity index (χ2n) is 5.50. The summed E-state index contributed by atoms with van der Waals surface area (Å²) in [5.41, 5.74) is 0.965. The second kappa shape index (κ2) is 9.82. The first kappa shape index (κ1) is 17.3. The Morgan fingerprint density at radius 1 is 0.826 bits per heavy atom. The van der Waals surface area contributed by atoms with Gasteiger partial charge in [-0.3, -0.25) is 0 Å². The van der Waals surface area contributed by atoms with Gasteiger partial charge in [0.15, 0.2) is 5.82 Å². The van der Waals surface area contributed by atoms with Crippen molar-refractivity contribution in [3.05, 3.63) is 36.5 Å². The van der Waals surface area contributed by atoms with Crippen LogP contribution < -0.4 is 9.47 Å². The number of nitrogens with zero attached hydrogens (tertiary/aromatic N) is 2. The van der Waals surface area contributed by atoms with Crippen LogP contribution in [0.25, 0.3) is 11.4 Å². The molecule has 2 rings (SSSR count). The van der Waals surface area contributed by atoms with Crippen LogP contribution in [0.3, 0.4) is 0 Å². The van der Waals surface area contributed by atoms with E-state index in [0.717, 1.165) is 37.2 Å². The monoisotopic (exact) mass is 314 g/mol. The van der Waals surface area contributed by atoms with Crippen molar-refractivity contribution in [1.82, 2.24) is 9.97 Å². The highest BCUT2D eigenvalue weighted by molar-refractivity contribution is 5.56. The van der Waals surface area contributed by atoms with Gasteiger partial charge in [0.2, 0.25) is 5.88 Å². The van der Waals surface area contributed by atoms with Crippen molar-refractivity contribution in [3.8, 4) is 23.0 Å². The number of benzene rings is 1. The molecular formula is C19H26N2O2. The first-order valence-corrected chi connectivity index (χ1v) is 8.52. The van der Waals surface area contributed by atoms with Crippen molar-refractivity contribution in [3.63, 3.8) is 0 Å². The van der Waals surface area contributed by atoms with Crippen LogP contribution in [-0.4, -0.2) is 23.2 Å². The van der Waals surface area contributed by atoms with Gasteiger partial charge >= 0.3 is 0 Å². The van der Waals surface area contributed by atoms with Crippen molar-refractivity contribution in [2.45, 2.75) is 46.0 Å². The minimum absolute atomic E-state index is 0.628. The van der Waals surface area contributed by atoms with E-state index in [9.17, 15) is 0 Å². The molecule has 0 unspecified atom stereocenters. The number of ether oxygens (including phenoxy) is 2. The van der Waals surface area contributed by atoms with E-state index in [1.807, 2.05) is 24.3 Å². The Morgan fingerprint density at radius 2 is 1.57 bits per heavy atom. The van der Waals surface area contributed by atoms with Gasteiger partial charge in [0.25, 0.3) is 0 Å². The van der Waals surface area contributed by atoms with Gasteiger partial charge in [-0.05, 0) is 37.1 Å². The fourth-order valence-corrected chi connectivity index (χ4v) is 2.13. The highest BCUT2D eigenvalue weighted by atomic mass is 16.5. The molecule has 0 amide bonds. The maximum atomic E-state index is 5.72. The third kappa shape index (κ3) is 5.89. The molecule has 0 aliphatic heterocycles. The summed E-state index contributed by atoms with van der Waals surface area (Å²) >= 11 is 0. The lowest BCUT2D eigenvalue weighted by Crippen LogP contribution is -2.00. The van der Waals surface area contributed by atoms with Gasteiger partial charge < -0.3 is 9.47 Å².